The number of likely N-dealkylation sites (tertiary alicyclic amines) is 1. The SMILES string of the molecule is CN1CCC(N(CCO)C(=O)c2ccc(Br)cc2N)CC1. The van der Waals surface area contributed by atoms with Gasteiger partial charge in [-0.3, -0.25) is 4.79 Å². The van der Waals surface area contributed by atoms with Gasteiger partial charge in [-0.2, -0.15) is 0 Å². The molecule has 0 saturated carbocycles. The number of nitrogen functional groups attached to an aromatic ring is 1. The van der Waals surface area contributed by atoms with Gasteiger partial charge < -0.3 is 20.6 Å². The van der Waals surface area contributed by atoms with Gasteiger partial charge in [0.05, 0.1) is 12.2 Å². The Morgan fingerprint density at radius 1 is 1.48 bits per heavy atom. The van der Waals surface area contributed by atoms with Gasteiger partial charge in [0.2, 0.25) is 0 Å². The maximum atomic E-state index is 12.8. The van der Waals surface area contributed by atoms with Gasteiger partial charge in [-0.15, -0.1) is 0 Å². The number of hydrogen-bond donors (Lipinski definition) is 2. The summed E-state index contributed by atoms with van der Waals surface area (Å²) in [6.07, 6.45) is 1.86. The van der Waals surface area contributed by atoms with Crippen LogP contribution in [0.4, 0.5) is 5.69 Å². The van der Waals surface area contributed by atoms with Crippen LogP contribution in [-0.4, -0.2) is 60.1 Å². The number of carbonyl (C=O) groups is 1. The highest BCUT2D eigenvalue weighted by Gasteiger charge is 2.28. The van der Waals surface area contributed by atoms with E-state index in [1.807, 2.05) is 6.07 Å². The molecule has 0 radical (unpaired) electrons. The van der Waals surface area contributed by atoms with E-state index in [-0.39, 0.29) is 18.6 Å². The minimum absolute atomic E-state index is 0.0332. The summed E-state index contributed by atoms with van der Waals surface area (Å²) in [5.41, 5.74) is 6.93. The van der Waals surface area contributed by atoms with Crippen LogP contribution >= 0.6 is 15.9 Å². The zero-order chi connectivity index (χ0) is 15.4. The number of aliphatic hydroxyl groups excluding tert-OH is 1. The van der Waals surface area contributed by atoms with Crippen molar-refractivity contribution in [3.8, 4) is 0 Å². The maximum absolute atomic E-state index is 12.8. The number of hydrogen-bond acceptors (Lipinski definition) is 4. The van der Waals surface area contributed by atoms with Gasteiger partial charge in [0.15, 0.2) is 0 Å². The minimum atomic E-state index is -0.0939. The molecule has 6 heteroatoms. The first kappa shape index (κ1) is 16.3. The minimum Gasteiger partial charge on any atom is -0.398 e. The molecule has 0 spiro atoms. The second-order valence-electron chi connectivity index (χ2n) is 5.49. The number of nitrogens with zero attached hydrogens (tertiary/aromatic N) is 2. The molecular formula is C15H22BrN3O2. The first-order chi connectivity index (χ1) is 10.0. The van der Waals surface area contributed by atoms with E-state index in [0.717, 1.165) is 30.4 Å². The second-order valence-corrected chi connectivity index (χ2v) is 6.40. The smallest absolute Gasteiger partial charge is 0.256 e. The predicted molar refractivity (Wildman–Crippen MR) is 87.2 cm³/mol. The first-order valence-electron chi connectivity index (χ1n) is 7.18. The molecular weight excluding hydrogens is 334 g/mol. The van der Waals surface area contributed by atoms with E-state index in [9.17, 15) is 9.90 Å². The van der Waals surface area contributed by atoms with Gasteiger partial charge in [-0.25, -0.2) is 0 Å². The predicted octanol–water partition coefficient (Wildman–Crippen LogP) is 1.56. The summed E-state index contributed by atoms with van der Waals surface area (Å²) in [7, 11) is 2.08. The molecule has 1 aromatic carbocycles. The molecule has 1 saturated heterocycles. The van der Waals surface area contributed by atoms with E-state index in [4.69, 9.17) is 5.73 Å². The van der Waals surface area contributed by atoms with Crippen molar-refractivity contribution >= 4 is 27.5 Å². The number of amides is 1. The van der Waals surface area contributed by atoms with Crippen molar-refractivity contribution in [3.63, 3.8) is 0 Å². The third-order valence-electron chi connectivity index (χ3n) is 3.97. The summed E-state index contributed by atoms with van der Waals surface area (Å²) in [4.78, 5) is 16.8. The summed E-state index contributed by atoms with van der Waals surface area (Å²) < 4.78 is 0.851. The van der Waals surface area contributed by atoms with Crippen molar-refractivity contribution in [1.82, 2.24) is 9.80 Å². The van der Waals surface area contributed by atoms with Gasteiger partial charge in [0.1, 0.15) is 0 Å². The third-order valence-corrected chi connectivity index (χ3v) is 4.47. The normalized spacial score (nSPS) is 16.9. The van der Waals surface area contributed by atoms with Crippen LogP contribution in [0, 0.1) is 0 Å². The Morgan fingerprint density at radius 2 is 2.14 bits per heavy atom. The summed E-state index contributed by atoms with van der Waals surface area (Å²) in [6.45, 7) is 2.25. The standard InChI is InChI=1S/C15H22BrN3O2/c1-18-6-4-12(5-7-18)19(8-9-20)15(21)13-3-2-11(16)10-14(13)17/h2-3,10,12,20H,4-9,17H2,1H3. The molecule has 1 fully saturated rings. The van der Waals surface area contributed by atoms with E-state index >= 15 is 0 Å². The summed E-state index contributed by atoms with van der Waals surface area (Å²) >= 11 is 3.35. The summed E-state index contributed by atoms with van der Waals surface area (Å²) in [5, 5.41) is 9.29. The third kappa shape index (κ3) is 3.96. The Hall–Kier alpha value is -1.11. The lowest BCUT2D eigenvalue weighted by Gasteiger charge is -2.37. The van der Waals surface area contributed by atoms with Gasteiger partial charge in [-0.1, -0.05) is 15.9 Å². The van der Waals surface area contributed by atoms with E-state index in [2.05, 4.69) is 27.9 Å². The molecule has 5 nitrogen and oxygen atoms in total. The Balaban J connectivity index is 2.18. The summed E-state index contributed by atoms with van der Waals surface area (Å²) in [5.74, 6) is -0.0939. The lowest BCUT2D eigenvalue weighted by atomic mass is 10.0. The zero-order valence-electron chi connectivity index (χ0n) is 12.3. The quantitative estimate of drug-likeness (QED) is 0.804. The number of nitrogens with two attached hydrogens (primary N) is 1. The molecule has 2 rings (SSSR count). The second kappa shape index (κ2) is 7.24. The van der Waals surface area contributed by atoms with Gasteiger partial charge in [0.25, 0.3) is 5.91 Å². The molecule has 1 aliphatic rings. The molecule has 1 amide bonds. The Labute approximate surface area is 133 Å². The molecule has 0 atom stereocenters. The number of anilines is 1. The Bertz CT molecular complexity index is 502. The van der Waals surface area contributed by atoms with E-state index in [0.29, 0.717) is 17.8 Å². The lowest BCUT2D eigenvalue weighted by molar-refractivity contribution is 0.0541. The highest BCUT2D eigenvalue weighted by Crippen LogP contribution is 2.23. The van der Waals surface area contributed by atoms with Gasteiger partial charge in [-0.05, 0) is 51.2 Å². The van der Waals surface area contributed by atoms with Crippen LogP contribution in [0.2, 0.25) is 0 Å². The fraction of sp³-hybridized carbons (Fsp3) is 0.533. The van der Waals surface area contributed by atoms with Crippen LogP contribution < -0.4 is 5.73 Å². The van der Waals surface area contributed by atoms with E-state index in [1.54, 1.807) is 17.0 Å². The van der Waals surface area contributed by atoms with E-state index in [1.165, 1.54) is 0 Å². The summed E-state index contributed by atoms with van der Waals surface area (Å²) in [6, 6.07) is 5.46. The van der Waals surface area contributed by atoms with Crippen molar-refractivity contribution < 1.29 is 9.90 Å². The van der Waals surface area contributed by atoms with Crippen molar-refractivity contribution in [2.75, 3.05) is 39.0 Å². The Kier molecular flexibility index (Phi) is 5.61. The molecule has 1 heterocycles. The molecule has 0 aromatic heterocycles. The fourth-order valence-electron chi connectivity index (χ4n) is 2.75. The van der Waals surface area contributed by atoms with Gasteiger partial charge in [0, 0.05) is 22.7 Å². The van der Waals surface area contributed by atoms with Crippen LogP contribution in [0.5, 0.6) is 0 Å². The van der Waals surface area contributed by atoms with Crippen LogP contribution in [0.3, 0.4) is 0 Å². The number of carbonyl (C=O) groups excluding carboxylic acids is 1. The number of rotatable bonds is 4. The molecule has 1 aromatic rings. The molecule has 1 aliphatic heterocycles. The number of halogens is 1. The maximum Gasteiger partial charge on any atom is 0.256 e. The first-order valence-corrected chi connectivity index (χ1v) is 7.97. The largest absolute Gasteiger partial charge is 0.398 e. The average molecular weight is 356 g/mol. The molecule has 0 unspecified atom stereocenters. The van der Waals surface area contributed by atoms with Gasteiger partial charge >= 0.3 is 0 Å². The Morgan fingerprint density at radius 3 is 2.71 bits per heavy atom. The molecule has 3 N–H and O–H groups in total. The highest BCUT2D eigenvalue weighted by molar-refractivity contribution is 9.10. The van der Waals surface area contributed by atoms with Crippen molar-refractivity contribution in [3.05, 3.63) is 28.2 Å². The lowest BCUT2D eigenvalue weighted by Crippen LogP contribution is -2.47. The zero-order valence-corrected chi connectivity index (χ0v) is 13.8. The highest BCUT2D eigenvalue weighted by atomic mass is 79.9. The van der Waals surface area contributed by atoms with Crippen LogP contribution in [0.15, 0.2) is 22.7 Å². The fourth-order valence-corrected chi connectivity index (χ4v) is 3.13. The number of aliphatic hydroxyl groups is 1. The molecule has 21 heavy (non-hydrogen) atoms. The van der Waals surface area contributed by atoms with Crippen LogP contribution in [0.1, 0.15) is 23.2 Å². The number of piperidine rings is 1. The molecule has 116 valence electrons. The van der Waals surface area contributed by atoms with E-state index < -0.39 is 0 Å². The van der Waals surface area contributed by atoms with Crippen LogP contribution in [0.25, 0.3) is 0 Å². The van der Waals surface area contributed by atoms with Crippen molar-refractivity contribution in [1.29, 1.82) is 0 Å². The van der Waals surface area contributed by atoms with Crippen molar-refractivity contribution in [2.24, 2.45) is 0 Å². The topological polar surface area (TPSA) is 69.8 Å². The molecule has 0 bridgehead atoms. The monoisotopic (exact) mass is 355 g/mol. The van der Waals surface area contributed by atoms with Crippen molar-refractivity contribution in [2.45, 2.75) is 18.9 Å². The molecule has 0 aliphatic carbocycles. The van der Waals surface area contributed by atoms with Crippen LogP contribution in [-0.2, 0) is 0 Å². The average Bonchev–Trinajstić information content (AvgIpc) is 2.45. The number of benzene rings is 1.